The van der Waals surface area contributed by atoms with Crippen LogP contribution < -0.4 is 5.32 Å². The van der Waals surface area contributed by atoms with Gasteiger partial charge in [-0.2, -0.15) is 0 Å². The Morgan fingerprint density at radius 1 is 1.26 bits per heavy atom. The van der Waals surface area contributed by atoms with Gasteiger partial charge in [0.1, 0.15) is 6.26 Å². The molecule has 3 aliphatic rings. The molecule has 2 atom stereocenters. The Hall–Kier alpha value is -1.44. The molecule has 1 saturated heterocycles. The van der Waals surface area contributed by atoms with E-state index in [1.165, 1.54) is 31.9 Å². The van der Waals surface area contributed by atoms with Crippen molar-refractivity contribution in [2.75, 3.05) is 40.3 Å². The summed E-state index contributed by atoms with van der Waals surface area (Å²) in [5, 5.41) is 3.37. The van der Waals surface area contributed by atoms with E-state index < -0.39 is 0 Å². The van der Waals surface area contributed by atoms with E-state index >= 15 is 0 Å². The van der Waals surface area contributed by atoms with Crippen LogP contribution in [-0.4, -0.2) is 84.0 Å². The number of rotatable bonds is 6. The van der Waals surface area contributed by atoms with Crippen LogP contribution in [0.5, 0.6) is 0 Å². The molecule has 1 aliphatic heterocycles. The summed E-state index contributed by atoms with van der Waals surface area (Å²) in [5.74, 6) is 0.595. The molecule has 150 valence electrons. The third kappa shape index (κ3) is 4.70. The third-order valence-corrected chi connectivity index (χ3v) is 6.43. The van der Waals surface area contributed by atoms with E-state index in [4.69, 9.17) is 4.42 Å². The first-order chi connectivity index (χ1) is 13.1. The normalized spacial score (nSPS) is 27.6. The molecule has 27 heavy (non-hydrogen) atoms. The number of piperazine rings is 1. The smallest absolute Gasteiger partial charge is 0.275 e. The van der Waals surface area contributed by atoms with Crippen molar-refractivity contribution < 1.29 is 9.21 Å². The topological polar surface area (TPSA) is 64.8 Å². The van der Waals surface area contributed by atoms with Crippen LogP contribution in [0, 0.1) is 0 Å². The number of aromatic nitrogens is 1. The summed E-state index contributed by atoms with van der Waals surface area (Å²) in [5.41, 5.74) is 0.437. The third-order valence-electron chi connectivity index (χ3n) is 6.43. The number of carbonyl (C=O) groups excluding carboxylic acids is 1. The second kappa shape index (κ2) is 8.29. The SMILES string of the molecule is CN1CCN(C2CCCC(N(C)C(=O)c3coc(CNC4CC4)n3)C2)CC1. The van der Waals surface area contributed by atoms with Gasteiger partial charge in [-0.15, -0.1) is 0 Å². The van der Waals surface area contributed by atoms with Crippen molar-refractivity contribution in [2.45, 2.75) is 63.2 Å². The Kier molecular flexibility index (Phi) is 5.80. The first-order valence-electron chi connectivity index (χ1n) is 10.5. The van der Waals surface area contributed by atoms with Crippen molar-refractivity contribution in [1.29, 1.82) is 0 Å². The Labute approximate surface area is 162 Å². The Morgan fingerprint density at radius 3 is 2.78 bits per heavy atom. The lowest BCUT2D eigenvalue weighted by atomic mass is 9.88. The van der Waals surface area contributed by atoms with E-state index in [1.807, 2.05) is 11.9 Å². The monoisotopic (exact) mass is 375 g/mol. The summed E-state index contributed by atoms with van der Waals surface area (Å²) in [6, 6.07) is 1.50. The van der Waals surface area contributed by atoms with Gasteiger partial charge in [0.15, 0.2) is 5.69 Å². The Bertz CT molecular complexity index is 636. The van der Waals surface area contributed by atoms with Crippen LogP contribution >= 0.6 is 0 Å². The van der Waals surface area contributed by atoms with Gasteiger partial charge in [-0.05, 0) is 45.6 Å². The fourth-order valence-corrected chi connectivity index (χ4v) is 4.37. The molecule has 0 aromatic carbocycles. The molecule has 1 amide bonds. The number of nitrogens with zero attached hydrogens (tertiary/aromatic N) is 4. The summed E-state index contributed by atoms with van der Waals surface area (Å²) in [4.78, 5) is 24.2. The number of amides is 1. The summed E-state index contributed by atoms with van der Waals surface area (Å²) >= 11 is 0. The number of carbonyl (C=O) groups is 1. The van der Waals surface area contributed by atoms with Gasteiger partial charge < -0.3 is 19.5 Å². The van der Waals surface area contributed by atoms with Crippen LogP contribution in [0.1, 0.15) is 54.9 Å². The van der Waals surface area contributed by atoms with Crippen molar-refractivity contribution in [3.05, 3.63) is 17.8 Å². The van der Waals surface area contributed by atoms with Gasteiger partial charge in [-0.1, -0.05) is 0 Å². The van der Waals surface area contributed by atoms with E-state index in [0.717, 1.165) is 39.0 Å². The lowest BCUT2D eigenvalue weighted by Crippen LogP contribution is -2.52. The molecule has 2 unspecified atom stereocenters. The van der Waals surface area contributed by atoms with Crippen LogP contribution in [0.15, 0.2) is 10.7 Å². The van der Waals surface area contributed by atoms with E-state index in [2.05, 4.69) is 27.1 Å². The van der Waals surface area contributed by atoms with Gasteiger partial charge in [0, 0.05) is 51.4 Å². The number of hydrogen-bond acceptors (Lipinski definition) is 6. The molecule has 0 radical (unpaired) electrons. The average molecular weight is 376 g/mol. The highest BCUT2D eigenvalue weighted by Gasteiger charge is 2.32. The lowest BCUT2D eigenvalue weighted by molar-refractivity contribution is 0.0492. The molecule has 3 fully saturated rings. The minimum Gasteiger partial charge on any atom is -0.447 e. The standard InChI is InChI=1S/C20H33N5O2/c1-23-8-10-25(11-9-23)17-5-3-4-16(12-17)24(2)20(26)18-14-27-19(22-18)13-21-15-6-7-15/h14-17,21H,3-13H2,1-2H3. The van der Waals surface area contributed by atoms with E-state index in [1.54, 1.807) is 0 Å². The minimum atomic E-state index is -0.0135. The molecule has 1 aromatic rings. The van der Waals surface area contributed by atoms with Crippen molar-refractivity contribution in [3.8, 4) is 0 Å². The number of likely N-dealkylation sites (N-methyl/N-ethyl adjacent to an activating group) is 1. The molecule has 0 bridgehead atoms. The maximum absolute atomic E-state index is 12.9. The maximum atomic E-state index is 12.9. The van der Waals surface area contributed by atoms with Crippen LogP contribution in [0.25, 0.3) is 0 Å². The quantitative estimate of drug-likeness (QED) is 0.814. The Balaban J connectivity index is 1.32. The van der Waals surface area contributed by atoms with E-state index in [0.29, 0.717) is 36.3 Å². The van der Waals surface area contributed by atoms with Gasteiger partial charge in [0.05, 0.1) is 6.54 Å². The van der Waals surface area contributed by atoms with E-state index in [-0.39, 0.29) is 5.91 Å². The molecule has 2 saturated carbocycles. The number of nitrogens with one attached hydrogen (secondary N) is 1. The van der Waals surface area contributed by atoms with Crippen LogP contribution in [0.4, 0.5) is 0 Å². The fraction of sp³-hybridized carbons (Fsp3) is 0.800. The second-order valence-corrected chi connectivity index (χ2v) is 8.51. The van der Waals surface area contributed by atoms with Crippen LogP contribution in [-0.2, 0) is 6.54 Å². The highest BCUT2D eigenvalue weighted by Crippen LogP contribution is 2.27. The first-order valence-corrected chi connectivity index (χ1v) is 10.5. The summed E-state index contributed by atoms with van der Waals surface area (Å²) in [7, 11) is 4.12. The lowest BCUT2D eigenvalue weighted by Gasteiger charge is -2.43. The van der Waals surface area contributed by atoms with Crippen LogP contribution in [0.2, 0.25) is 0 Å². The highest BCUT2D eigenvalue weighted by molar-refractivity contribution is 5.92. The molecule has 2 aliphatic carbocycles. The zero-order chi connectivity index (χ0) is 18.8. The molecule has 7 heteroatoms. The predicted molar refractivity (Wildman–Crippen MR) is 104 cm³/mol. The molecule has 1 aromatic heterocycles. The summed E-state index contributed by atoms with van der Waals surface area (Å²) in [6.07, 6.45) is 8.57. The zero-order valence-corrected chi connectivity index (χ0v) is 16.7. The van der Waals surface area contributed by atoms with Crippen molar-refractivity contribution in [2.24, 2.45) is 0 Å². The molecule has 1 N–H and O–H groups in total. The molecule has 7 nitrogen and oxygen atoms in total. The van der Waals surface area contributed by atoms with Gasteiger partial charge >= 0.3 is 0 Å². The molecule has 4 rings (SSSR count). The molecule has 2 heterocycles. The average Bonchev–Trinajstić information content (AvgIpc) is 3.41. The maximum Gasteiger partial charge on any atom is 0.275 e. The predicted octanol–water partition coefficient (Wildman–Crippen LogP) is 1.56. The van der Waals surface area contributed by atoms with Crippen molar-refractivity contribution >= 4 is 5.91 Å². The fourth-order valence-electron chi connectivity index (χ4n) is 4.37. The van der Waals surface area contributed by atoms with Crippen molar-refractivity contribution in [1.82, 2.24) is 25.0 Å². The Morgan fingerprint density at radius 2 is 2.04 bits per heavy atom. The molecular formula is C20H33N5O2. The summed E-state index contributed by atoms with van der Waals surface area (Å²) < 4.78 is 5.49. The largest absolute Gasteiger partial charge is 0.447 e. The minimum absolute atomic E-state index is 0.0135. The van der Waals surface area contributed by atoms with Crippen LogP contribution in [0.3, 0.4) is 0 Å². The van der Waals surface area contributed by atoms with Gasteiger partial charge in [0.25, 0.3) is 5.91 Å². The number of oxazole rings is 1. The van der Waals surface area contributed by atoms with E-state index in [9.17, 15) is 4.79 Å². The van der Waals surface area contributed by atoms with Gasteiger partial charge in [-0.3, -0.25) is 9.69 Å². The first kappa shape index (κ1) is 18.9. The molecule has 0 spiro atoms. The van der Waals surface area contributed by atoms with Gasteiger partial charge in [0.2, 0.25) is 5.89 Å². The summed E-state index contributed by atoms with van der Waals surface area (Å²) in [6.45, 7) is 5.19. The second-order valence-electron chi connectivity index (χ2n) is 8.51. The number of hydrogen-bond donors (Lipinski definition) is 1. The highest BCUT2D eigenvalue weighted by atomic mass is 16.3. The molecular weight excluding hydrogens is 342 g/mol. The van der Waals surface area contributed by atoms with Crippen molar-refractivity contribution in [3.63, 3.8) is 0 Å². The zero-order valence-electron chi connectivity index (χ0n) is 16.7. The van der Waals surface area contributed by atoms with Gasteiger partial charge in [-0.25, -0.2) is 4.98 Å².